The first kappa shape index (κ1) is 15.9. The van der Waals surface area contributed by atoms with E-state index in [1.807, 2.05) is 84.9 Å². The maximum Gasteiger partial charge on any atom is 0.171 e. The second kappa shape index (κ2) is 7.56. The molecule has 0 aromatic heterocycles. The Morgan fingerprint density at radius 3 is 1.67 bits per heavy atom. The van der Waals surface area contributed by atoms with Gasteiger partial charge < -0.3 is 0 Å². The Kier molecular flexibility index (Phi) is 5.02. The van der Waals surface area contributed by atoms with Crippen LogP contribution in [0.5, 0.6) is 0 Å². The molecule has 118 valence electrons. The molecular formula is C23H20O. The van der Waals surface area contributed by atoms with Gasteiger partial charge in [0.05, 0.1) is 5.92 Å². The maximum absolute atomic E-state index is 13.3. The highest BCUT2D eigenvalue weighted by molar-refractivity contribution is 6.01. The topological polar surface area (TPSA) is 17.1 Å². The van der Waals surface area contributed by atoms with Crippen LogP contribution < -0.4 is 0 Å². The fourth-order valence-electron chi connectivity index (χ4n) is 3.10. The summed E-state index contributed by atoms with van der Waals surface area (Å²) in [5.41, 5.74) is 2.85. The van der Waals surface area contributed by atoms with Crippen molar-refractivity contribution in [3.8, 4) is 0 Å². The highest BCUT2D eigenvalue weighted by atomic mass is 16.1. The van der Waals surface area contributed by atoms with Gasteiger partial charge in [0.2, 0.25) is 0 Å². The predicted octanol–water partition coefficient (Wildman–Crippen LogP) is 5.62. The number of carbonyl (C=O) groups is 1. The van der Waals surface area contributed by atoms with Gasteiger partial charge in [0.1, 0.15) is 0 Å². The van der Waals surface area contributed by atoms with Gasteiger partial charge in [0.15, 0.2) is 5.78 Å². The van der Waals surface area contributed by atoms with Crippen molar-refractivity contribution in [2.75, 3.05) is 0 Å². The Bertz CT molecular complexity index is 791. The Hall–Kier alpha value is -2.93. The molecule has 2 atom stereocenters. The summed E-state index contributed by atoms with van der Waals surface area (Å²) in [6.45, 7) is 4.01. The van der Waals surface area contributed by atoms with E-state index < -0.39 is 0 Å². The van der Waals surface area contributed by atoms with Gasteiger partial charge in [-0.25, -0.2) is 0 Å². The number of benzene rings is 3. The minimum absolute atomic E-state index is 0.0682. The average molecular weight is 312 g/mol. The largest absolute Gasteiger partial charge is 0.293 e. The first-order chi connectivity index (χ1) is 11.8. The lowest BCUT2D eigenvalue weighted by Crippen LogP contribution is -2.19. The molecule has 0 aliphatic rings. The van der Waals surface area contributed by atoms with Gasteiger partial charge in [0.25, 0.3) is 0 Å². The SMILES string of the molecule is C=C[C@@H](c1ccccc1)[C@@H](C(=O)c1ccccc1)c1ccccc1. The third-order valence-electron chi connectivity index (χ3n) is 4.30. The molecule has 3 aromatic rings. The van der Waals surface area contributed by atoms with Gasteiger partial charge in [-0.2, -0.15) is 0 Å². The van der Waals surface area contributed by atoms with E-state index in [-0.39, 0.29) is 17.6 Å². The number of hydrogen-bond acceptors (Lipinski definition) is 1. The van der Waals surface area contributed by atoms with E-state index in [1.54, 1.807) is 0 Å². The number of carbonyl (C=O) groups excluding carboxylic acids is 1. The van der Waals surface area contributed by atoms with Gasteiger partial charge in [-0.1, -0.05) is 97.1 Å². The number of Topliss-reactive ketones (excluding diaryl/α,β-unsaturated/α-hetero) is 1. The van der Waals surface area contributed by atoms with Crippen molar-refractivity contribution in [3.05, 3.63) is 120 Å². The fraction of sp³-hybridized carbons (Fsp3) is 0.0870. The molecule has 0 saturated heterocycles. The molecule has 24 heavy (non-hydrogen) atoms. The van der Waals surface area contributed by atoms with E-state index in [4.69, 9.17) is 0 Å². The van der Waals surface area contributed by atoms with Crippen LogP contribution in [0.4, 0.5) is 0 Å². The molecule has 0 radical (unpaired) electrons. The van der Waals surface area contributed by atoms with Crippen LogP contribution in [0, 0.1) is 0 Å². The predicted molar refractivity (Wildman–Crippen MR) is 99.3 cm³/mol. The molecule has 0 aliphatic heterocycles. The molecule has 0 unspecified atom stereocenters. The maximum atomic E-state index is 13.3. The quantitative estimate of drug-likeness (QED) is 0.426. The van der Waals surface area contributed by atoms with Crippen molar-refractivity contribution in [1.82, 2.24) is 0 Å². The second-order valence-corrected chi connectivity index (χ2v) is 5.79. The van der Waals surface area contributed by atoms with Crippen molar-refractivity contribution in [2.45, 2.75) is 11.8 Å². The third kappa shape index (κ3) is 3.36. The van der Waals surface area contributed by atoms with Crippen LogP contribution in [-0.4, -0.2) is 5.78 Å². The van der Waals surface area contributed by atoms with Crippen LogP contribution in [0.1, 0.15) is 33.3 Å². The number of ketones is 1. The minimum atomic E-state index is -0.284. The van der Waals surface area contributed by atoms with Crippen molar-refractivity contribution >= 4 is 5.78 Å². The smallest absolute Gasteiger partial charge is 0.171 e. The molecule has 0 N–H and O–H groups in total. The lowest BCUT2D eigenvalue weighted by atomic mass is 9.77. The molecule has 1 nitrogen and oxygen atoms in total. The zero-order chi connectivity index (χ0) is 16.8. The van der Waals surface area contributed by atoms with Gasteiger partial charge in [-0.15, -0.1) is 6.58 Å². The zero-order valence-electron chi connectivity index (χ0n) is 13.5. The van der Waals surface area contributed by atoms with Crippen molar-refractivity contribution < 1.29 is 4.79 Å². The number of hydrogen-bond donors (Lipinski definition) is 0. The summed E-state index contributed by atoms with van der Waals surface area (Å²) in [5, 5.41) is 0. The standard InChI is InChI=1S/C23H20O/c1-2-21(18-12-6-3-7-13-18)22(19-14-8-4-9-15-19)23(24)20-16-10-5-11-17-20/h2-17,21-22H,1H2/t21-,22-/m0/s1. The van der Waals surface area contributed by atoms with Crippen LogP contribution in [0.3, 0.4) is 0 Å². The van der Waals surface area contributed by atoms with Crippen LogP contribution >= 0.6 is 0 Å². The van der Waals surface area contributed by atoms with Gasteiger partial charge in [-0.05, 0) is 11.1 Å². The first-order valence-electron chi connectivity index (χ1n) is 8.13. The summed E-state index contributed by atoms with van der Waals surface area (Å²) in [4.78, 5) is 13.3. The molecule has 0 amide bonds. The van der Waals surface area contributed by atoms with Crippen LogP contribution in [-0.2, 0) is 0 Å². The van der Waals surface area contributed by atoms with E-state index in [1.165, 1.54) is 0 Å². The molecule has 0 aliphatic carbocycles. The minimum Gasteiger partial charge on any atom is -0.293 e. The number of allylic oxidation sites excluding steroid dienone is 1. The first-order valence-corrected chi connectivity index (χ1v) is 8.13. The van der Waals surface area contributed by atoms with Crippen LogP contribution in [0.2, 0.25) is 0 Å². The van der Waals surface area contributed by atoms with E-state index in [2.05, 4.69) is 18.7 Å². The molecule has 1 heteroatoms. The van der Waals surface area contributed by atoms with Crippen molar-refractivity contribution in [1.29, 1.82) is 0 Å². The van der Waals surface area contributed by atoms with Gasteiger partial charge in [-0.3, -0.25) is 4.79 Å². The second-order valence-electron chi connectivity index (χ2n) is 5.79. The Balaban J connectivity index is 2.08. The summed E-state index contributed by atoms with van der Waals surface area (Å²) in [7, 11) is 0. The van der Waals surface area contributed by atoms with Crippen LogP contribution in [0.15, 0.2) is 104 Å². The molecular weight excluding hydrogens is 292 g/mol. The van der Waals surface area contributed by atoms with Crippen molar-refractivity contribution in [2.24, 2.45) is 0 Å². The average Bonchev–Trinajstić information content (AvgIpc) is 2.67. The Morgan fingerprint density at radius 2 is 1.17 bits per heavy atom. The fourth-order valence-corrected chi connectivity index (χ4v) is 3.10. The normalized spacial score (nSPS) is 13.0. The molecule has 0 spiro atoms. The summed E-state index contributed by atoms with van der Waals surface area (Å²) in [6, 6.07) is 29.6. The molecule has 0 heterocycles. The highest BCUT2D eigenvalue weighted by Crippen LogP contribution is 2.36. The van der Waals surface area contributed by atoms with Gasteiger partial charge in [0, 0.05) is 11.5 Å². The van der Waals surface area contributed by atoms with Crippen LogP contribution in [0.25, 0.3) is 0 Å². The summed E-state index contributed by atoms with van der Waals surface area (Å²) < 4.78 is 0. The monoisotopic (exact) mass is 312 g/mol. The van der Waals surface area contributed by atoms with E-state index in [0.29, 0.717) is 0 Å². The molecule has 3 rings (SSSR count). The Labute approximate surface area is 143 Å². The molecule has 0 bridgehead atoms. The van der Waals surface area contributed by atoms with E-state index >= 15 is 0 Å². The summed E-state index contributed by atoms with van der Waals surface area (Å²) >= 11 is 0. The van der Waals surface area contributed by atoms with Gasteiger partial charge >= 0.3 is 0 Å². The van der Waals surface area contributed by atoms with E-state index in [0.717, 1.165) is 16.7 Å². The highest BCUT2D eigenvalue weighted by Gasteiger charge is 2.29. The Morgan fingerprint density at radius 1 is 0.708 bits per heavy atom. The molecule has 0 saturated carbocycles. The number of rotatable bonds is 6. The summed E-state index contributed by atoms with van der Waals surface area (Å²) in [6.07, 6.45) is 1.88. The lowest BCUT2D eigenvalue weighted by Gasteiger charge is -2.24. The molecule has 3 aromatic carbocycles. The lowest BCUT2D eigenvalue weighted by molar-refractivity contribution is 0.0953. The molecule has 0 fully saturated rings. The van der Waals surface area contributed by atoms with Crippen molar-refractivity contribution in [3.63, 3.8) is 0 Å². The third-order valence-corrected chi connectivity index (χ3v) is 4.30. The zero-order valence-corrected chi connectivity index (χ0v) is 13.5. The van der Waals surface area contributed by atoms with E-state index in [9.17, 15) is 4.79 Å². The summed E-state index contributed by atoms with van der Waals surface area (Å²) in [5.74, 6) is -0.231.